The molecule has 2 amide bonds. The first-order valence-corrected chi connectivity index (χ1v) is 11.9. The van der Waals surface area contributed by atoms with E-state index in [0.29, 0.717) is 43.2 Å². The summed E-state index contributed by atoms with van der Waals surface area (Å²) in [5.41, 5.74) is 7.30. The van der Waals surface area contributed by atoms with Gasteiger partial charge in [-0.15, -0.1) is 0 Å². The highest BCUT2D eigenvalue weighted by atomic mass is 16.5. The number of primary amides is 1. The van der Waals surface area contributed by atoms with Crippen LogP contribution in [0.15, 0.2) is 78.9 Å². The summed E-state index contributed by atoms with van der Waals surface area (Å²) in [6.45, 7) is 3.24. The number of para-hydroxylation sites is 1. The Bertz CT molecular complexity index is 1220. The lowest BCUT2D eigenvalue weighted by atomic mass is 10.0. The summed E-state index contributed by atoms with van der Waals surface area (Å²) in [5, 5.41) is 0. The molecule has 3 aromatic rings. The molecule has 1 fully saturated rings. The molecular weight excluding hydrogens is 454 g/mol. The molecule has 1 aliphatic rings. The van der Waals surface area contributed by atoms with E-state index in [-0.39, 0.29) is 5.91 Å². The lowest BCUT2D eigenvalue weighted by Crippen LogP contribution is -2.48. The van der Waals surface area contributed by atoms with Gasteiger partial charge >= 0.3 is 0 Å². The summed E-state index contributed by atoms with van der Waals surface area (Å²) in [6.07, 6.45) is 3.51. The quantitative estimate of drug-likeness (QED) is 0.492. The number of ether oxygens (including phenoxy) is 1. The van der Waals surface area contributed by atoms with Gasteiger partial charge in [0.2, 0.25) is 5.91 Å². The van der Waals surface area contributed by atoms with Gasteiger partial charge in [0.1, 0.15) is 17.3 Å². The number of nitrogens with two attached hydrogens (primary N) is 1. The average Bonchev–Trinajstić information content (AvgIpc) is 2.89. The summed E-state index contributed by atoms with van der Waals surface area (Å²) >= 11 is 0. The van der Waals surface area contributed by atoms with Crippen molar-refractivity contribution in [2.45, 2.75) is 0 Å². The molecule has 2 aromatic carbocycles. The molecule has 2 heterocycles. The van der Waals surface area contributed by atoms with Crippen molar-refractivity contribution in [2.75, 3.05) is 51.7 Å². The molecule has 0 saturated carbocycles. The van der Waals surface area contributed by atoms with Crippen molar-refractivity contribution in [3.63, 3.8) is 0 Å². The van der Waals surface area contributed by atoms with Gasteiger partial charge in [-0.05, 0) is 62.6 Å². The summed E-state index contributed by atoms with van der Waals surface area (Å²) in [4.78, 5) is 35.3. The van der Waals surface area contributed by atoms with E-state index in [4.69, 9.17) is 15.5 Å². The molecule has 1 saturated heterocycles. The van der Waals surface area contributed by atoms with Crippen molar-refractivity contribution < 1.29 is 14.3 Å². The second kappa shape index (κ2) is 11.5. The minimum atomic E-state index is -0.534. The Hall–Kier alpha value is -4.17. The largest absolute Gasteiger partial charge is 0.457 e. The van der Waals surface area contributed by atoms with Gasteiger partial charge in [0.05, 0.1) is 11.3 Å². The van der Waals surface area contributed by atoms with Crippen LogP contribution in [0.1, 0.15) is 10.4 Å². The number of nitrogens with zero attached hydrogens (tertiary/aromatic N) is 4. The first kappa shape index (κ1) is 24.9. The van der Waals surface area contributed by atoms with E-state index in [1.165, 1.54) is 0 Å². The van der Waals surface area contributed by atoms with Gasteiger partial charge in [-0.2, -0.15) is 0 Å². The molecule has 186 valence electrons. The van der Waals surface area contributed by atoms with E-state index in [9.17, 15) is 9.59 Å². The summed E-state index contributed by atoms with van der Waals surface area (Å²) in [5.74, 6) is 1.66. The van der Waals surface area contributed by atoms with Crippen LogP contribution in [-0.4, -0.2) is 73.4 Å². The summed E-state index contributed by atoms with van der Waals surface area (Å²) in [7, 11) is 3.93. The van der Waals surface area contributed by atoms with E-state index in [1.807, 2.05) is 90.6 Å². The van der Waals surface area contributed by atoms with E-state index in [0.717, 1.165) is 23.7 Å². The van der Waals surface area contributed by atoms with Crippen LogP contribution >= 0.6 is 0 Å². The Morgan fingerprint density at radius 2 is 1.61 bits per heavy atom. The molecule has 8 heteroatoms. The summed E-state index contributed by atoms with van der Waals surface area (Å²) < 4.78 is 5.87. The molecule has 2 N–H and O–H groups in total. The minimum absolute atomic E-state index is 0.0204. The monoisotopic (exact) mass is 485 g/mol. The van der Waals surface area contributed by atoms with E-state index in [1.54, 1.807) is 12.1 Å². The topological polar surface area (TPSA) is 92.0 Å². The SMILES string of the molecule is CN(C)CC=CC(=O)N1CCN(c2ccc(C(N)=O)c(-c3ccc(Oc4ccccc4)cc3)n2)CC1. The van der Waals surface area contributed by atoms with Crippen LogP contribution in [0, 0.1) is 0 Å². The van der Waals surface area contributed by atoms with Crippen LogP contribution in [0.5, 0.6) is 11.5 Å². The molecule has 1 aromatic heterocycles. The number of aromatic nitrogens is 1. The first-order valence-electron chi connectivity index (χ1n) is 11.9. The van der Waals surface area contributed by atoms with Crippen molar-refractivity contribution in [1.82, 2.24) is 14.8 Å². The number of likely N-dealkylation sites (N-methyl/N-ethyl adjacent to an activating group) is 1. The number of benzene rings is 2. The van der Waals surface area contributed by atoms with E-state index >= 15 is 0 Å². The number of rotatable bonds is 8. The lowest BCUT2D eigenvalue weighted by Gasteiger charge is -2.35. The second-order valence-corrected chi connectivity index (χ2v) is 8.85. The summed E-state index contributed by atoms with van der Waals surface area (Å²) in [6, 6.07) is 20.5. The first-order chi connectivity index (χ1) is 17.4. The standard InChI is InChI=1S/C28H31N5O3/c1-31(2)16-6-9-26(34)33-19-17-32(18-20-33)25-15-14-24(28(29)35)27(30-25)21-10-12-23(13-11-21)36-22-7-4-3-5-8-22/h3-15H,16-20H2,1-2H3,(H2,29,35). The highest BCUT2D eigenvalue weighted by Crippen LogP contribution is 2.29. The Balaban J connectivity index is 1.47. The molecular formula is C28H31N5O3. The van der Waals surface area contributed by atoms with Crippen LogP contribution in [0.2, 0.25) is 0 Å². The van der Waals surface area contributed by atoms with Gasteiger partial charge in [-0.1, -0.05) is 24.3 Å². The fourth-order valence-electron chi connectivity index (χ4n) is 3.97. The predicted octanol–water partition coefficient (Wildman–Crippen LogP) is 3.41. The highest BCUT2D eigenvalue weighted by molar-refractivity contribution is 5.99. The van der Waals surface area contributed by atoms with Gasteiger partial charge in [0, 0.05) is 44.4 Å². The Kier molecular flexibility index (Phi) is 7.97. The number of pyridine rings is 1. The number of piperazine rings is 1. The van der Waals surface area contributed by atoms with Crippen molar-refractivity contribution in [2.24, 2.45) is 5.73 Å². The number of carbonyl (C=O) groups excluding carboxylic acids is 2. The molecule has 0 unspecified atom stereocenters. The molecule has 8 nitrogen and oxygen atoms in total. The van der Waals surface area contributed by atoms with Gasteiger partial charge in [0.15, 0.2) is 0 Å². The van der Waals surface area contributed by atoms with Crippen molar-refractivity contribution in [3.05, 3.63) is 84.4 Å². The smallest absolute Gasteiger partial charge is 0.250 e. The fourth-order valence-corrected chi connectivity index (χ4v) is 3.97. The number of anilines is 1. The third kappa shape index (κ3) is 6.28. The third-order valence-corrected chi connectivity index (χ3v) is 5.90. The predicted molar refractivity (Wildman–Crippen MR) is 141 cm³/mol. The van der Waals surface area contributed by atoms with Gasteiger partial charge < -0.3 is 25.2 Å². The third-order valence-electron chi connectivity index (χ3n) is 5.90. The molecule has 0 atom stereocenters. The minimum Gasteiger partial charge on any atom is -0.457 e. The van der Waals surface area contributed by atoms with Gasteiger partial charge in [-0.3, -0.25) is 9.59 Å². The molecule has 0 spiro atoms. The van der Waals surface area contributed by atoms with Crippen LogP contribution in [-0.2, 0) is 4.79 Å². The van der Waals surface area contributed by atoms with Crippen LogP contribution in [0.3, 0.4) is 0 Å². The zero-order chi connectivity index (χ0) is 25.5. The van der Waals surface area contributed by atoms with Gasteiger partial charge in [0.25, 0.3) is 5.91 Å². The van der Waals surface area contributed by atoms with E-state index in [2.05, 4.69) is 4.90 Å². The number of hydrogen-bond acceptors (Lipinski definition) is 6. The highest BCUT2D eigenvalue weighted by Gasteiger charge is 2.22. The fraction of sp³-hybridized carbons (Fsp3) is 0.250. The maximum absolute atomic E-state index is 12.4. The number of carbonyl (C=O) groups is 2. The average molecular weight is 486 g/mol. The van der Waals surface area contributed by atoms with Crippen LogP contribution in [0.25, 0.3) is 11.3 Å². The maximum Gasteiger partial charge on any atom is 0.250 e. The normalized spacial score (nSPS) is 13.9. The van der Waals surface area contributed by atoms with E-state index < -0.39 is 5.91 Å². The Morgan fingerprint density at radius 3 is 2.25 bits per heavy atom. The van der Waals surface area contributed by atoms with Crippen molar-refractivity contribution >= 4 is 17.6 Å². The van der Waals surface area contributed by atoms with Crippen molar-refractivity contribution in [1.29, 1.82) is 0 Å². The van der Waals surface area contributed by atoms with Crippen molar-refractivity contribution in [3.8, 4) is 22.8 Å². The van der Waals surface area contributed by atoms with Gasteiger partial charge in [-0.25, -0.2) is 4.98 Å². The van der Waals surface area contributed by atoms with Crippen LogP contribution < -0.4 is 15.4 Å². The molecule has 0 bridgehead atoms. The zero-order valence-electron chi connectivity index (χ0n) is 20.6. The molecule has 36 heavy (non-hydrogen) atoms. The molecule has 0 aliphatic carbocycles. The number of hydrogen-bond donors (Lipinski definition) is 1. The Labute approximate surface area is 211 Å². The maximum atomic E-state index is 12.4. The Morgan fingerprint density at radius 1 is 0.944 bits per heavy atom. The van der Waals surface area contributed by atoms with Crippen LogP contribution in [0.4, 0.5) is 5.82 Å². The zero-order valence-corrected chi connectivity index (χ0v) is 20.6. The number of amides is 2. The second-order valence-electron chi connectivity index (χ2n) is 8.85. The molecule has 0 radical (unpaired) electrons. The molecule has 1 aliphatic heterocycles. The molecule has 4 rings (SSSR count). The lowest BCUT2D eigenvalue weighted by molar-refractivity contribution is -0.126.